The number of nitrogens with two attached hydrogens (primary N) is 1. The fourth-order valence-electron chi connectivity index (χ4n) is 1.12. The summed E-state index contributed by atoms with van der Waals surface area (Å²) >= 11 is 0. The van der Waals surface area contributed by atoms with Crippen molar-refractivity contribution in [2.45, 2.75) is 0 Å². The number of primary amides is 1. The summed E-state index contributed by atoms with van der Waals surface area (Å²) in [6.07, 6.45) is 3.92. The van der Waals surface area contributed by atoms with Gasteiger partial charge in [0.1, 0.15) is 0 Å². The van der Waals surface area contributed by atoms with Gasteiger partial charge in [-0.15, -0.1) is 5.10 Å². The summed E-state index contributed by atoms with van der Waals surface area (Å²) in [5.41, 5.74) is 6.33. The lowest BCUT2D eigenvalue weighted by atomic mass is 10.2. The molecule has 0 fully saturated rings. The van der Waals surface area contributed by atoms with Gasteiger partial charge in [-0.3, -0.25) is 9.82 Å². The van der Waals surface area contributed by atoms with Gasteiger partial charge >= 0.3 is 6.09 Å². The van der Waals surface area contributed by atoms with Gasteiger partial charge in [0, 0.05) is 18.0 Å². The van der Waals surface area contributed by atoms with E-state index in [1.165, 1.54) is 6.20 Å². The quantitative estimate of drug-likeness (QED) is 0.769. The first-order chi connectivity index (χ1) is 7.25. The van der Waals surface area contributed by atoms with Crippen LogP contribution in [0.15, 0.2) is 36.8 Å². The third-order valence-corrected chi connectivity index (χ3v) is 1.71. The van der Waals surface area contributed by atoms with Crippen molar-refractivity contribution in [1.29, 1.82) is 0 Å². The number of aromatic nitrogens is 3. The average molecular weight is 204 g/mol. The van der Waals surface area contributed by atoms with Crippen LogP contribution in [-0.4, -0.2) is 21.0 Å². The monoisotopic (exact) mass is 204 g/mol. The maximum absolute atomic E-state index is 10.4. The third-order valence-electron chi connectivity index (χ3n) is 1.71. The van der Waals surface area contributed by atoms with Gasteiger partial charge in [0.05, 0.1) is 11.9 Å². The zero-order chi connectivity index (χ0) is 10.7. The van der Waals surface area contributed by atoms with Gasteiger partial charge in [-0.1, -0.05) is 4.85 Å². The van der Waals surface area contributed by atoms with E-state index in [0.29, 0.717) is 5.69 Å². The Kier molecular flexibility index (Phi) is 2.32. The molecule has 0 saturated carbocycles. The van der Waals surface area contributed by atoms with Crippen molar-refractivity contribution in [2.75, 3.05) is 0 Å². The Balaban J connectivity index is 2.24. The van der Waals surface area contributed by atoms with E-state index in [0.717, 1.165) is 10.4 Å². The Hall–Kier alpha value is -2.37. The van der Waals surface area contributed by atoms with Gasteiger partial charge in [0.25, 0.3) is 0 Å². The number of nitrogens with zero attached hydrogens (tertiary/aromatic N) is 3. The molecule has 2 N–H and O–H groups in total. The van der Waals surface area contributed by atoms with Crippen LogP contribution in [0.4, 0.5) is 4.79 Å². The van der Waals surface area contributed by atoms with E-state index in [2.05, 4.69) is 14.9 Å². The molecule has 2 heterocycles. The molecular weight excluding hydrogens is 196 g/mol. The van der Waals surface area contributed by atoms with Crippen LogP contribution in [-0.2, 0) is 0 Å². The smallest absolute Gasteiger partial charge is 0.333 e. The Morgan fingerprint density at radius 3 is 3.00 bits per heavy atom. The van der Waals surface area contributed by atoms with Crippen molar-refractivity contribution in [3.63, 3.8) is 0 Å². The summed E-state index contributed by atoms with van der Waals surface area (Å²) in [6, 6.07) is 5.34. The van der Waals surface area contributed by atoms with E-state index in [-0.39, 0.29) is 0 Å². The van der Waals surface area contributed by atoms with Crippen LogP contribution in [0.3, 0.4) is 0 Å². The Labute approximate surface area is 85.2 Å². The highest BCUT2D eigenvalue weighted by Crippen LogP contribution is 2.13. The molecule has 15 heavy (non-hydrogen) atoms. The lowest BCUT2D eigenvalue weighted by Gasteiger charge is -1.97. The molecule has 2 aromatic rings. The number of rotatable bonds is 2. The van der Waals surface area contributed by atoms with E-state index in [9.17, 15) is 4.79 Å². The number of carbonyl (C=O) groups is 1. The average Bonchev–Trinajstić information content (AvgIpc) is 2.67. The third kappa shape index (κ3) is 2.11. The number of hydrogen-bond donors (Lipinski definition) is 1. The largest absolute Gasteiger partial charge is 0.430 e. The van der Waals surface area contributed by atoms with Crippen molar-refractivity contribution in [3.05, 3.63) is 36.8 Å². The van der Waals surface area contributed by atoms with Crippen LogP contribution < -0.4 is 10.6 Å². The number of hydrogen-bond acceptors (Lipinski definition) is 4. The summed E-state index contributed by atoms with van der Waals surface area (Å²) in [5, 5.41) is 3.97. The van der Waals surface area contributed by atoms with Crippen molar-refractivity contribution in [3.8, 4) is 11.3 Å². The highest BCUT2D eigenvalue weighted by atomic mass is 16.7. The van der Waals surface area contributed by atoms with Crippen LogP contribution in [0.5, 0.6) is 0 Å². The molecule has 2 aromatic heterocycles. The molecule has 0 aromatic carbocycles. The normalized spacial score (nSPS) is 9.87. The fraction of sp³-hybridized carbons (Fsp3) is 0. The van der Waals surface area contributed by atoms with Crippen molar-refractivity contribution in [1.82, 2.24) is 14.9 Å². The highest BCUT2D eigenvalue weighted by molar-refractivity contribution is 5.65. The van der Waals surface area contributed by atoms with E-state index >= 15 is 0 Å². The molecule has 0 unspecified atom stereocenters. The molecule has 0 atom stereocenters. The molecule has 0 radical (unpaired) electrons. The van der Waals surface area contributed by atoms with E-state index in [1.807, 2.05) is 6.07 Å². The topological polar surface area (TPSA) is 83.0 Å². The summed E-state index contributed by atoms with van der Waals surface area (Å²) in [7, 11) is 0. The molecule has 2 rings (SSSR count). The minimum absolute atomic E-state index is 0.657. The van der Waals surface area contributed by atoms with E-state index < -0.39 is 6.09 Å². The maximum atomic E-state index is 10.4. The van der Waals surface area contributed by atoms with E-state index in [4.69, 9.17) is 5.73 Å². The van der Waals surface area contributed by atoms with Crippen LogP contribution >= 0.6 is 0 Å². The van der Waals surface area contributed by atoms with Gasteiger partial charge in [0.15, 0.2) is 0 Å². The van der Waals surface area contributed by atoms with Crippen LogP contribution in [0.1, 0.15) is 0 Å². The maximum Gasteiger partial charge on any atom is 0.430 e. The lowest BCUT2D eigenvalue weighted by Crippen LogP contribution is -2.25. The van der Waals surface area contributed by atoms with Gasteiger partial charge in [-0.25, -0.2) is 4.79 Å². The summed E-state index contributed by atoms with van der Waals surface area (Å²) in [6.45, 7) is 0. The van der Waals surface area contributed by atoms with Gasteiger partial charge < -0.3 is 5.73 Å². The summed E-state index contributed by atoms with van der Waals surface area (Å²) < 4.78 is 0. The molecule has 6 nitrogen and oxygen atoms in total. The molecule has 0 aliphatic carbocycles. The Morgan fingerprint density at radius 2 is 2.33 bits per heavy atom. The lowest BCUT2D eigenvalue weighted by molar-refractivity contribution is 0.126. The second-order valence-electron chi connectivity index (χ2n) is 2.76. The first-order valence-electron chi connectivity index (χ1n) is 4.19. The minimum atomic E-state index is -0.907. The predicted molar refractivity (Wildman–Crippen MR) is 51.6 cm³/mol. The summed E-state index contributed by atoms with van der Waals surface area (Å²) in [4.78, 5) is 19.9. The predicted octanol–water partition coefficient (Wildman–Crippen LogP) is 0.452. The number of carbonyl (C=O) groups excluding carboxylic acids is 1. The first kappa shape index (κ1) is 9.20. The van der Waals surface area contributed by atoms with Crippen molar-refractivity contribution in [2.24, 2.45) is 5.73 Å². The molecule has 6 heteroatoms. The zero-order valence-corrected chi connectivity index (χ0v) is 7.70. The van der Waals surface area contributed by atoms with Gasteiger partial charge in [-0.05, 0) is 18.2 Å². The van der Waals surface area contributed by atoms with Crippen LogP contribution in [0, 0.1) is 0 Å². The molecule has 0 aliphatic rings. The molecule has 0 bridgehead atoms. The van der Waals surface area contributed by atoms with Gasteiger partial charge in [-0.2, -0.15) is 0 Å². The standard InChI is InChI=1S/C9H8N4O2/c10-9(14)15-13-5-3-8(12-13)7-2-1-4-11-6-7/h1-6H,(H2,10,14). The second-order valence-corrected chi connectivity index (χ2v) is 2.76. The molecule has 0 saturated heterocycles. The minimum Gasteiger partial charge on any atom is -0.333 e. The number of pyridine rings is 1. The van der Waals surface area contributed by atoms with Crippen molar-refractivity contribution < 1.29 is 9.63 Å². The Morgan fingerprint density at radius 1 is 1.47 bits per heavy atom. The first-order valence-corrected chi connectivity index (χ1v) is 4.19. The zero-order valence-electron chi connectivity index (χ0n) is 7.70. The molecule has 0 spiro atoms. The molecule has 76 valence electrons. The Bertz CT molecular complexity index is 466. The highest BCUT2D eigenvalue weighted by Gasteiger charge is 2.03. The van der Waals surface area contributed by atoms with Gasteiger partial charge in [0.2, 0.25) is 0 Å². The SMILES string of the molecule is NC(=O)On1ccc(-c2cccnc2)n1. The molecule has 0 aliphatic heterocycles. The molecular formula is C9H8N4O2. The molecule has 1 amide bonds. The van der Waals surface area contributed by atoms with Crippen molar-refractivity contribution >= 4 is 6.09 Å². The summed E-state index contributed by atoms with van der Waals surface area (Å²) in [5.74, 6) is 0. The van der Waals surface area contributed by atoms with Crippen LogP contribution in [0.25, 0.3) is 11.3 Å². The second kappa shape index (κ2) is 3.79. The number of amides is 1. The van der Waals surface area contributed by atoms with E-state index in [1.54, 1.807) is 24.5 Å². The van der Waals surface area contributed by atoms with Crippen LogP contribution in [0.2, 0.25) is 0 Å². The fourth-order valence-corrected chi connectivity index (χ4v) is 1.12.